The van der Waals surface area contributed by atoms with Gasteiger partial charge in [-0.25, -0.2) is 0 Å². The lowest BCUT2D eigenvalue weighted by Crippen LogP contribution is -2.23. The van der Waals surface area contributed by atoms with Gasteiger partial charge in [-0.3, -0.25) is 4.79 Å². The van der Waals surface area contributed by atoms with E-state index in [0.717, 1.165) is 28.6 Å². The number of carbonyl (C=O) groups is 1. The molecule has 1 aliphatic rings. The van der Waals surface area contributed by atoms with Crippen LogP contribution in [-0.2, 0) is 23.1 Å². The minimum absolute atomic E-state index is 0.0919. The molecule has 0 spiro atoms. The van der Waals surface area contributed by atoms with Crippen molar-refractivity contribution in [1.82, 2.24) is 0 Å². The van der Waals surface area contributed by atoms with E-state index in [9.17, 15) is 9.90 Å². The van der Waals surface area contributed by atoms with Crippen LogP contribution in [0, 0.1) is 0 Å². The Balaban J connectivity index is 2.58. The van der Waals surface area contributed by atoms with E-state index in [4.69, 9.17) is 4.74 Å². The van der Waals surface area contributed by atoms with Crippen LogP contribution in [-0.4, -0.2) is 18.2 Å². The Morgan fingerprint density at radius 1 is 1.33 bits per heavy atom. The Bertz CT molecular complexity index is 549. The van der Waals surface area contributed by atoms with Crippen molar-refractivity contribution in [2.45, 2.75) is 57.8 Å². The summed E-state index contributed by atoms with van der Waals surface area (Å²) >= 11 is 3.70. The van der Waals surface area contributed by atoms with Crippen LogP contribution < -0.4 is 4.74 Å². The molecule has 0 amide bonds. The van der Waals surface area contributed by atoms with Gasteiger partial charge in [-0.15, -0.1) is 0 Å². The number of carboxylic acid groups (broad SMARTS) is 1. The summed E-state index contributed by atoms with van der Waals surface area (Å²) < 4.78 is 6.62. The van der Waals surface area contributed by atoms with Gasteiger partial charge < -0.3 is 9.84 Å². The normalized spacial score (nSPS) is 15.2. The van der Waals surface area contributed by atoms with Gasteiger partial charge in [0.05, 0.1) is 18.0 Å². The molecule has 116 valence electrons. The van der Waals surface area contributed by atoms with E-state index in [2.05, 4.69) is 22.0 Å². The number of fused-ring (bicyclic) bond motifs is 1. The van der Waals surface area contributed by atoms with Gasteiger partial charge in [0.2, 0.25) is 0 Å². The molecule has 0 fully saturated rings. The van der Waals surface area contributed by atoms with E-state index in [1.807, 2.05) is 13.8 Å². The third-order valence-corrected chi connectivity index (χ3v) is 5.15. The molecule has 1 N–H and O–H groups in total. The molecule has 0 atom stereocenters. The second-order valence-electron chi connectivity index (χ2n) is 6.42. The SMILES string of the molecule is COc1c(C(C)(C)CC(=O)O)cc2c(c1Br)CCCCC2. The minimum Gasteiger partial charge on any atom is -0.495 e. The van der Waals surface area contributed by atoms with E-state index >= 15 is 0 Å². The van der Waals surface area contributed by atoms with Gasteiger partial charge in [0.15, 0.2) is 0 Å². The molecule has 0 saturated carbocycles. The second kappa shape index (κ2) is 6.39. The summed E-state index contributed by atoms with van der Waals surface area (Å²) in [6, 6.07) is 2.17. The molecule has 1 aliphatic carbocycles. The summed E-state index contributed by atoms with van der Waals surface area (Å²) in [4.78, 5) is 11.2. The van der Waals surface area contributed by atoms with Crippen LogP contribution in [0.2, 0.25) is 0 Å². The molecule has 2 rings (SSSR count). The third kappa shape index (κ3) is 3.42. The van der Waals surface area contributed by atoms with E-state index < -0.39 is 11.4 Å². The number of methoxy groups -OCH3 is 1. The molecule has 1 aromatic rings. The highest BCUT2D eigenvalue weighted by Crippen LogP contribution is 2.43. The number of halogens is 1. The number of hydrogen-bond donors (Lipinski definition) is 1. The molecule has 21 heavy (non-hydrogen) atoms. The lowest BCUT2D eigenvalue weighted by Gasteiger charge is -2.28. The van der Waals surface area contributed by atoms with Crippen LogP contribution in [0.15, 0.2) is 10.5 Å². The highest BCUT2D eigenvalue weighted by Gasteiger charge is 2.30. The maximum absolute atomic E-state index is 11.2. The predicted octanol–water partition coefficient (Wildman–Crippen LogP) is 4.48. The molecule has 0 heterocycles. The molecule has 0 aromatic heterocycles. The van der Waals surface area contributed by atoms with Crippen LogP contribution in [0.25, 0.3) is 0 Å². The van der Waals surface area contributed by atoms with Gasteiger partial charge in [-0.1, -0.05) is 26.3 Å². The van der Waals surface area contributed by atoms with Crippen molar-refractivity contribution in [3.8, 4) is 5.75 Å². The number of ether oxygens (including phenoxy) is 1. The number of aryl methyl sites for hydroxylation is 1. The first-order chi connectivity index (χ1) is 9.86. The van der Waals surface area contributed by atoms with Gasteiger partial charge in [0.25, 0.3) is 0 Å². The smallest absolute Gasteiger partial charge is 0.304 e. The van der Waals surface area contributed by atoms with E-state index in [0.29, 0.717) is 0 Å². The Morgan fingerprint density at radius 2 is 2.00 bits per heavy atom. The standard InChI is InChI=1S/C17H23BrO3/c1-17(2,10-14(19)20)13-9-11-7-5-4-6-8-12(11)15(18)16(13)21-3/h9H,4-8,10H2,1-3H3,(H,19,20). The van der Waals surface area contributed by atoms with Gasteiger partial charge in [-0.05, 0) is 52.7 Å². The fraction of sp³-hybridized carbons (Fsp3) is 0.588. The first kappa shape index (κ1) is 16.3. The molecular formula is C17H23BrO3. The zero-order valence-corrected chi connectivity index (χ0v) is 14.5. The summed E-state index contributed by atoms with van der Waals surface area (Å²) in [6.45, 7) is 3.93. The maximum Gasteiger partial charge on any atom is 0.304 e. The van der Waals surface area contributed by atoms with E-state index in [1.54, 1.807) is 7.11 Å². The van der Waals surface area contributed by atoms with Crippen LogP contribution >= 0.6 is 15.9 Å². The minimum atomic E-state index is -0.784. The highest BCUT2D eigenvalue weighted by atomic mass is 79.9. The first-order valence-corrected chi connectivity index (χ1v) is 8.26. The van der Waals surface area contributed by atoms with Crippen LogP contribution in [0.5, 0.6) is 5.75 Å². The molecular weight excluding hydrogens is 332 g/mol. The zero-order chi connectivity index (χ0) is 15.6. The largest absolute Gasteiger partial charge is 0.495 e. The highest BCUT2D eigenvalue weighted by molar-refractivity contribution is 9.10. The average Bonchev–Trinajstić information content (AvgIpc) is 2.62. The Hall–Kier alpha value is -1.03. The Kier molecular flexibility index (Phi) is 4.97. The summed E-state index contributed by atoms with van der Waals surface area (Å²) in [5.41, 5.74) is 3.20. The number of hydrogen-bond acceptors (Lipinski definition) is 2. The number of carboxylic acids is 1. The van der Waals surface area contributed by atoms with Gasteiger partial charge in [0.1, 0.15) is 5.75 Å². The summed E-state index contributed by atoms with van der Waals surface area (Å²) in [5, 5.41) is 9.17. The number of benzene rings is 1. The first-order valence-electron chi connectivity index (χ1n) is 7.47. The van der Waals surface area contributed by atoms with Crippen molar-refractivity contribution < 1.29 is 14.6 Å². The van der Waals surface area contributed by atoms with Crippen LogP contribution in [0.1, 0.15) is 56.2 Å². The second-order valence-corrected chi connectivity index (χ2v) is 7.22. The molecule has 4 heteroatoms. The Labute approximate surface area is 134 Å². The van der Waals surface area contributed by atoms with E-state index in [-0.39, 0.29) is 6.42 Å². The molecule has 1 aromatic carbocycles. The Morgan fingerprint density at radius 3 is 2.62 bits per heavy atom. The summed E-state index contributed by atoms with van der Waals surface area (Å²) in [6.07, 6.45) is 5.86. The zero-order valence-electron chi connectivity index (χ0n) is 13.0. The van der Waals surface area contributed by atoms with Crippen molar-refractivity contribution in [2.75, 3.05) is 7.11 Å². The number of rotatable bonds is 4. The van der Waals surface area contributed by atoms with Crippen molar-refractivity contribution >= 4 is 21.9 Å². The molecule has 0 radical (unpaired) electrons. The number of aliphatic carboxylic acids is 1. The van der Waals surface area contributed by atoms with Gasteiger partial charge in [0, 0.05) is 11.0 Å². The topological polar surface area (TPSA) is 46.5 Å². The molecule has 0 bridgehead atoms. The van der Waals surface area contributed by atoms with Gasteiger partial charge in [-0.2, -0.15) is 0 Å². The molecule has 0 aliphatic heterocycles. The van der Waals surface area contributed by atoms with E-state index in [1.165, 1.54) is 30.4 Å². The quantitative estimate of drug-likeness (QED) is 0.810. The lowest BCUT2D eigenvalue weighted by molar-refractivity contribution is -0.138. The summed E-state index contributed by atoms with van der Waals surface area (Å²) in [7, 11) is 1.66. The third-order valence-electron chi connectivity index (χ3n) is 4.31. The van der Waals surface area contributed by atoms with Crippen LogP contribution in [0.3, 0.4) is 0 Å². The average molecular weight is 355 g/mol. The van der Waals surface area contributed by atoms with Crippen molar-refractivity contribution in [2.24, 2.45) is 0 Å². The van der Waals surface area contributed by atoms with Crippen molar-refractivity contribution in [3.63, 3.8) is 0 Å². The molecule has 0 unspecified atom stereocenters. The van der Waals surface area contributed by atoms with Crippen molar-refractivity contribution in [1.29, 1.82) is 0 Å². The predicted molar refractivity (Wildman–Crippen MR) is 87.2 cm³/mol. The molecule has 0 saturated heterocycles. The van der Waals surface area contributed by atoms with Crippen molar-refractivity contribution in [3.05, 3.63) is 27.2 Å². The maximum atomic E-state index is 11.2. The van der Waals surface area contributed by atoms with Crippen LogP contribution in [0.4, 0.5) is 0 Å². The fourth-order valence-electron chi connectivity index (χ4n) is 3.19. The summed E-state index contributed by atoms with van der Waals surface area (Å²) in [5.74, 6) is 0.00928. The monoisotopic (exact) mass is 354 g/mol. The van der Waals surface area contributed by atoms with Gasteiger partial charge >= 0.3 is 5.97 Å². The fourth-order valence-corrected chi connectivity index (χ4v) is 4.01. The molecule has 3 nitrogen and oxygen atoms in total. The lowest BCUT2D eigenvalue weighted by atomic mass is 9.79.